The molecule has 0 aliphatic carbocycles. The van der Waals surface area contributed by atoms with Gasteiger partial charge in [-0.15, -0.1) is 0 Å². The molecule has 2 rings (SSSR count). The standard InChI is InChI=1S/C19H25N3O2/c1-18(2,3)13-9-12(10-14(16(13)23)19(4,5)6)17(24)22-15-7-8-20-11-21-15/h7-11,23H,1-6H3,(H,20,21,22,24). The van der Waals surface area contributed by atoms with Crippen LogP contribution < -0.4 is 5.32 Å². The minimum atomic E-state index is -0.282. The number of amides is 1. The number of hydrogen-bond acceptors (Lipinski definition) is 4. The first kappa shape index (κ1) is 17.9. The third-order valence-electron chi connectivity index (χ3n) is 3.81. The highest BCUT2D eigenvalue weighted by Gasteiger charge is 2.27. The normalized spacial score (nSPS) is 12.1. The van der Waals surface area contributed by atoms with Crippen molar-refractivity contribution in [3.63, 3.8) is 0 Å². The number of benzene rings is 1. The lowest BCUT2D eigenvalue weighted by Crippen LogP contribution is -2.21. The number of carbonyl (C=O) groups is 1. The molecule has 0 bridgehead atoms. The smallest absolute Gasteiger partial charge is 0.256 e. The Morgan fingerprint density at radius 2 is 1.58 bits per heavy atom. The number of aromatic hydroxyl groups is 1. The molecule has 0 radical (unpaired) electrons. The van der Waals surface area contributed by atoms with Gasteiger partial charge < -0.3 is 10.4 Å². The highest BCUT2D eigenvalue weighted by molar-refractivity contribution is 6.04. The van der Waals surface area contributed by atoms with Crippen molar-refractivity contribution in [2.24, 2.45) is 0 Å². The van der Waals surface area contributed by atoms with Gasteiger partial charge in [0.15, 0.2) is 0 Å². The average Bonchev–Trinajstić information content (AvgIpc) is 2.46. The van der Waals surface area contributed by atoms with Crippen LogP contribution in [-0.2, 0) is 10.8 Å². The number of aromatic nitrogens is 2. The molecule has 0 aliphatic rings. The molecule has 128 valence electrons. The summed E-state index contributed by atoms with van der Waals surface area (Å²) in [5.41, 5.74) is 1.44. The van der Waals surface area contributed by atoms with Crippen molar-refractivity contribution in [3.05, 3.63) is 47.4 Å². The lowest BCUT2D eigenvalue weighted by atomic mass is 9.78. The molecule has 0 atom stereocenters. The van der Waals surface area contributed by atoms with E-state index in [2.05, 4.69) is 15.3 Å². The minimum absolute atomic E-state index is 0.258. The first-order valence-corrected chi connectivity index (χ1v) is 7.95. The molecule has 0 saturated heterocycles. The number of nitrogens with one attached hydrogen (secondary N) is 1. The summed E-state index contributed by atoms with van der Waals surface area (Å²) < 4.78 is 0. The van der Waals surface area contributed by atoms with Gasteiger partial charge in [-0.25, -0.2) is 9.97 Å². The molecule has 24 heavy (non-hydrogen) atoms. The third-order valence-corrected chi connectivity index (χ3v) is 3.81. The monoisotopic (exact) mass is 327 g/mol. The van der Waals surface area contributed by atoms with E-state index in [9.17, 15) is 9.90 Å². The van der Waals surface area contributed by atoms with Crippen molar-refractivity contribution in [1.82, 2.24) is 9.97 Å². The van der Waals surface area contributed by atoms with Crippen LogP contribution in [-0.4, -0.2) is 21.0 Å². The molecular weight excluding hydrogens is 302 g/mol. The number of rotatable bonds is 2. The second-order valence-electron chi connectivity index (χ2n) is 7.97. The lowest BCUT2D eigenvalue weighted by Gasteiger charge is -2.28. The Labute approximate surface area is 143 Å². The molecule has 0 unspecified atom stereocenters. The molecule has 1 heterocycles. The summed E-state index contributed by atoms with van der Waals surface area (Å²) in [6.07, 6.45) is 2.95. The number of anilines is 1. The van der Waals surface area contributed by atoms with E-state index in [1.54, 1.807) is 24.4 Å². The van der Waals surface area contributed by atoms with E-state index in [1.807, 2.05) is 41.5 Å². The van der Waals surface area contributed by atoms with Crippen LogP contribution in [0.5, 0.6) is 5.75 Å². The number of hydrogen-bond donors (Lipinski definition) is 2. The number of phenols is 1. The largest absolute Gasteiger partial charge is 0.507 e. The zero-order valence-corrected chi connectivity index (χ0v) is 15.1. The Morgan fingerprint density at radius 3 is 2.00 bits per heavy atom. The second kappa shape index (κ2) is 6.23. The predicted molar refractivity (Wildman–Crippen MR) is 95.5 cm³/mol. The van der Waals surface area contributed by atoms with Gasteiger partial charge >= 0.3 is 0 Å². The van der Waals surface area contributed by atoms with Crippen LogP contribution in [0.15, 0.2) is 30.7 Å². The second-order valence-corrected chi connectivity index (χ2v) is 7.97. The quantitative estimate of drug-likeness (QED) is 0.873. The molecule has 0 spiro atoms. The topological polar surface area (TPSA) is 75.1 Å². The van der Waals surface area contributed by atoms with Crippen LogP contribution in [0.4, 0.5) is 5.82 Å². The summed E-state index contributed by atoms with van der Waals surface area (Å²) in [7, 11) is 0. The fourth-order valence-corrected chi connectivity index (χ4v) is 2.46. The van der Waals surface area contributed by atoms with Crippen LogP contribution in [0.1, 0.15) is 63.0 Å². The average molecular weight is 327 g/mol. The third kappa shape index (κ3) is 3.91. The van der Waals surface area contributed by atoms with Crippen molar-refractivity contribution in [1.29, 1.82) is 0 Å². The Hall–Kier alpha value is -2.43. The van der Waals surface area contributed by atoms with Crippen molar-refractivity contribution >= 4 is 11.7 Å². The van der Waals surface area contributed by atoms with E-state index in [-0.39, 0.29) is 22.5 Å². The van der Waals surface area contributed by atoms with E-state index in [1.165, 1.54) is 6.33 Å². The molecule has 5 heteroatoms. The maximum absolute atomic E-state index is 12.6. The summed E-state index contributed by atoms with van der Waals surface area (Å²) in [6.45, 7) is 12.1. The summed E-state index contributed by atoms with van der Waals surface area (Å²) in [4.78, 5) is 20.5. The van der Waals surface area contributed by atoms with Crippen LogP contribution in [0.25, 0.3) is 0 Å². The van der Waals surface area contributed by atoms with Crippen molar-refractivity contribution in [3.8, 4) is 5.75 Å². The summed E-state index contributed by atoms with van der Waals surface area (Å²) >= 11 is 0. The van der Waals surface area contributed by atoms with Gasteiger partial charge in [0.1, 0.15) is 17.9 Å². The number of carbonyl (C=O) groups excluding carboxylic acids is 1. The zero-order chi connectivity index (χ0) is 18.1. The molecule has 0 fully saturated rings. The van der Waals surface area contributed by atoms with Crippen LogP contribution >= 0.6 is 0 Å². The van der Waals surface area contributed by atoms with Crippen molar-refractivity contribution in [2.75, 3.05) is 5.32 Å². The predicted octanol–water partition coefficient (Wildman–Crippen LogP) is 4.03. The Bertz CT molecular complexity index is 706. The molecule has 2 aromatic rings. The summed E-state index contributed by atoms with van der Waals surface area (Å²) in [5.74, 6) is 0.441. The van der Waals surface area contributed by atoms with Crippen LogP contribution in [0, 0.1) is 0 Å². The highest BCUT2D eigenvalue weighted by atomic mass is 16.3. The summed E-state index contributed by atoms with van der Waals surface area (Å²) in [6, 6.07) is 5.13. The Morgan fingerprint density at radius 1 is 1.04 bits per heavy atom. The van der Waals surface area contributed by atoms with Gasteiger partial charge in [-0.3, -0.25) is 4.79 Å². The maximum atomic E-state index is 12.6. The Kier molecular flexibility index (Phi) is 4.65. The SMILES string of the molecule is CC(C)(C)c1cc(C(=O)Nc2ccncn2)cc(C(C)(C)C)c1O. The molecular formula is C19H25N3O2. The Balaban J connectivity index is 2.52. The van der Waals surface area contributed by atoms with Crippen molar-refractivity contribution < 1.29 is 9.90 Å². The van der Waals surface area contributed by atoms with Crippen LogP contribution in [0.2, 0.25) is 0 Å². The van der Waals surface area contributed by atoms with E-state index in [0.29, 0.717) is 11.4 Å². The van der Waals surface area contributed by atoms with Gasteiger partial charge in [0, 0.05) is 22.9 Å². The van der Waals surface area contributed by atoms with Gasteiger partial charge in [-0.2, -0.15) is 0 Å². The molecule has 1 aromatic carbocycles. The fourth-order valence-electron chi connectivity index (χ4n) is 2.46. The van der Waals surface area contributed by atoms with Gasteiger partial charge in [-0.05, 0) is 29.0 Å². The molecule has 1 aromatic heterocycles. The summed E-state index contributed by atoms with van der Waals surface area (Å²) in [5, 5.41) is 13.5. The molecule has 1 amide bonds. The first-order chi connectivity index (χ1) is 11.0. The number of nitrogens with zero attached hydrogens (tertiary/aromatic N) is 2. The van der Waals surface area contributed by atoms with E-state index in [4.69, 9.17) is 0 Å². The first-order valence-electron chi connectivity index (χ1n) is 7.95. The van der Waals surface area contributed by atoms with Crippen molar-refractivity contribution in [2.45, 2.75) is 52.4 Å². The highest BCUT2D eigenvalue weighted by Crippen LogP contribution is 2.39. The molecule has 5 nitrogen and oxygen atoms in total. The van der Waals surface area contributed by atoms with Gasteiger partial charge in [-0.1, -0.05) is 41.5 Å². The van der Waals surface area contributed by atoms with Crippen LogP contribution in [0.3, 0.4) is 0 Å². The van der Waals surface area contributed by atoms with E-state index in [0.717, 1.165) is 11.1 Å². The van der Waals surface area contributed by atoms with E-state index >= 15 is 0 Å². The molecule has 0 saturated carbocycles. The van der Waals surface area contributed by atoms with Gasteiger partial charge in [0.25, 0.3) is 5.91 Å². The molecule has 0 aliphatic heterocycles. The van der Waals surface area contributed by atoms with Gasteiger partial charge in [0.2, 0.25) is 0 Å². The number of phenolic OH excluding ortho intramolecular Hbond substituents is 1. The van der Waals surface area contributed by atoms with Gasteiger partial charge in [0.05, 0.1) is 0 Å². The fraction of sp³-hybridized carbons (Fsp3) is 0.421. The lowest BCUT2D eigenvalue weighted by molar-refractivity contribution is 0.102. The maximum Gasteiger partial charge on any atom is 0.256 e. The molecule has 2 N–H and O–H groups in total. The van der Waals surface area contributed by atoms with E-state index < -0.39 is 0 Å². The zero-order valence-electron chi connectivity index (χ0n) is 15.1. The minimum Gasteiger partial charge on any atom is -0.507 e.